The van der Waals surface area contributed by atoms with E-state index >= 15 is 0 Å². The molecule has 0 spiro atoms. The fraction of sp³-hybridized carbons (Fsp3) is 1.00. The van der Waals surface area contributed by atoms with Crippen molar-refractivity contribution in [2.24, 2.45) is 5.92 Å². The third-order valence-electron chi connectivity index (χ3n) is 3.09. The fourth-order valence-electron chi connectivity index (χ4n) is 1.25. The van der Waals surface area contributed by atoms with Gasteiger partial charge in [-0.1, -0.05) is 40.5 Å². The predicted molar refractivity (Wildman–Crippen MR) is 48.3 cm³/mol. The van der Waals surface area contributed by atoms with Crippen molar-refractivity contribution in [2.45, 2.75) is 45.9 Å². The number of rotatable bonds is 4. The highest BCUT2D eigenvalue weighted by molar-refractivity contribution is 6.45. The largest absolute Gasteiger partial charge is 0.458 e. The van der Waals surface area contributed by atoms with Crippen LogP contribution in [0.25, 0.3) is 0 Å². The topological polar surface area (TPSA) is 40.5 Å². The Morgan fingerprint density at radius 2 is 1.82 bits per heavy atom. The zero-order valence-electron chi connectivity index (χ0n) is 7.96. The van der Waals surface area contributed by atoms with Crippen molar-refractivity contribution in [3.8, 4) is 0 Å². The average molecular weight is 158 g/mol. The van der Waals surface area contributed by atoms with Crippen molar-refractivity contribution in [1.29, 1.82) is 0 Å². The van der Waals surface area contributed by atoms with Gasteiger partial charge in [-0.2, -0.15) is 0 Å². The summed E-state index contributed by atoms with van der Waals surface area (Å²) in [5.41, 5.74) is 0. The van der Waals surface area contributed by atoms with Crippen molar-refractivity contribution in [3.05, 3.63) is 0 Å². The van der Waals surface area contributed by atoms with Crippen LogP contribution in [0.3, 0.4) is 0 Å². The van der Waals surface area contributed by atoms with Crippen LogP contribution in [-0.2, 0) is 0 Å². The van der Waals surface area contributed by atoms with Crippen LogP contribution in [0.2, 0.25) is 5.31 Å². The van der Waals surface area contributed by atoms with Crippen molar-refractivity contribution < 1.29 is 10.0 Å². The van der Waals surface area contributed by atoms with Gasteiger partial charge in [0.1, 0.15) is 0 Å². The first kappa shape index (κ1) is 11.0. The van der Waals surface area contributed by atoms with Crippen LogP contribution in [0.15, 0.2) is 0 Å². The molecule has 0 amide bonds. The summed E-state index contributed by atoms with van der Waals surface area (Å²) in [5.74, 6) is 0.354. The highest BCUT2D eigenvalue weighted by Gasteiger charge is 2.39. The van der Waals surface area contributed by atoms with Gasteiger partial charge in [0, 0.05) is 5.31 Å². The Morgan fingerprint density at radius 3 is 1.91 bits per heavy atom. The molecule has 2 unspecified atom stereocenters. The molecule has 0 aromatic heterocycles. The highest BCUT2D eigenvalue weighted by atomic mass is 16.4. The van der Waals surface area contributed by atoms with Crippen LogP contribution in [-0.4, -0.2) is 17.2 Å². The lowest BCUT2D eigenvalue weighted by Gasteiger charge is -2.33. The molecule has 0 aliphatic carbocycles. The molecule has 0 rings (SSSR count). The Kier molecular flexibility index (Phi) is 4.12. The second-order valence-corrected chi connectivity index (χ2v) is 3.54. The fourth-order valence-corrected chi connectivity index (χ4v) is 1.25. The van der Waals surface area contributed by atoms with Crippen molar-refractivity contribution in [3.63, 3.8) is 0 Å². The summed E-state index contributed by atoms with van der Waals surface area (Å²) >= 11 is 0. The molecule has 2 N–H and O–H groups in total. The number of hydrogen-bond donors (Lipinski definition) is 2. The van der Waals surface area contributed by atoms with Crippen molar-refractivity contribution in [2.75, 3.05) is 0 Å². The van der Waals surface area contributed by atoms with Gasteiger partial charge >= 0.3 is 7.12 Å². The molecule has 11 heavy (non-hydrogen) atoms. The van der Waals surface area contributed by atoms with E-state index in [2.05, 4.69) is 13.8 Å². The molecule has 0 aromatic rings. The molecular formula is C8H19BO2. The van der Waals surface area contributed by atoms with Gasteiger partial charge in [0.05, 0.1) is 0 Å². The first-order chi connectivity index (χ1) is 4.99. The molecule has 0 heterocycles. The smallest absolute Gasteiger partial charge is 0.427 e. The van der Waals surface area contributed by atoms with Gasteiger partial charge in [0.2, 0.25) is 0 Å². The lowest BCUT2D eigenvalue weighted by atomic mass is 9.51. The Morgan fingerprint density at radius 1 is 1.36 bits per heavy atom. The lowest BCUT2D eigenvalue weighted by molar-refractivity contribution is 0.274. The van der Waals surface area contributed by atoms with Gasteiger partial charge < -0.3 is 10.0 Å². The lowest BCUT2D eigenvalue weighted by Crippen LogP contribution is -2.35. The van der Waals surface area contributed by atoms with E-state index in [9.17, 15) is 0 Å². The zero-order chi connectivity index (χ0) is 9.07. The van der Waals surface area contributed by atoms with Crippen molar-refractivity contribution in [1.82, 2.24) is 0 Å². The summed E-state index contributed by atoms with van der Waals surface area (Å²) in [7, 11) is -1.19. The van der Waals surface area contributed by atoms with Gasteiger partial charge in [0.25, 0.3) is 0 Å². The van der Waals surface area contributed by atoms with E-state index < -0.39 is 7.12 Å². The maximum Gasteiger partial charge on any atom is 0.458 e. The second kappa shape index (κ2) is 4.12. The normalized spacial score (nSPS) is 19.1. The molecule has 2 nitrogen and oxygen atoms in total. The van der Waals surface area contributed by atoms with Gasteiger partial charge in [-0.3, -0.25) is 0 Å². The summed E-state index contributed by atoms with van der Waals surface area (Å²) in [6.07, 6.45) is 1.79. The summed E-state index contributed by atoms with van der Waals surface area (Å²) in [6, 6.07) is 0. The second-order valence-electron chi connectivity index (χ2n) is 3.54. The monoisotopic (exact) mass is 158 g/mol. The molecule has 0 saturated carbocycles. The van der Waals surface area contributed by atoms with Gasteiger partial charge in [-0.25, -0.2) is 0 Å². The van der Waals surface area contributed by atoms with E-state index in [-0.39, 0.29) is 5.31 Å². The van der Waals surface area contributed by atoms with Crippen LogP contribution in [0.5, 0.6) is 0 Å². The van der Waals surface area contributed by atoms with E-state index in [4.69, 9.17) is 10.0 Å². The molecule has 0 saturated heterocycles. The highest BCUT2D eigenvalue weighted by Crippen LogP contribution is 2.41. The molecule has 0 aliphatic heterocycles. The first-order valence-electron chi connectivity index (χ1n) is 4.35. The van der Waals surface area contributed by atoms with E-state index in [1.807, 2.05) is 13.8 Å². The summed E-state index contributed by atoms with van der Waals surface area (Å²) in [5, 5.41) is 17.9. The van der Waals surface area contributed by atoms with E-state index in [1.54, 1.807) is 0 Å². The van der Waals surface area contributed by atoms with Crippen LogP contribution in [0.1, 0.15) is 40.5 Å². The molecular weight excluding hydrogens is 139 g/mol. The Balaban J connectivity index is 4.32. The number of hydrogen-bond acceptors (Lipinski definition) is 2. The Labute approximate surface area is 69.8 Å². The molecule has 0 aromatic carbocycles. The van der Waals surface area contributed by atoms with Gasteiger partial charge in [-0.05, 0) is 5.92 Å². The molecule has 0 bridgehead atoms. The standard InChI is InChI=1S/C8H19BO2/c1-5-7(3)8(4,6-2)9(10)11/h7,10-11H,5-6H2,1-4H3. The SMILES string of the molecule is CCC(C)C(C)(CC)B(O)O. The van der Waals surface area contributed by atoms with E-state index in [0.717, 1.165) is 12.8 Å². The zero-order valence-corrected chi connectivity index (χ0v) is 7.96. The minimum atomic E-state index is -1.19. The van der Waals surface area contributed by atoms with Crippen LogP contribution >= 0.6 is 0 Å². The van der Waals surface area contributed by atoms with Crippen molar-refractivity contribution >= 4 is 7.12 Å². The quantitative estimate of drug-likeness (QED) is 0.611. The predicted octanol–water partition coefficient (Wildman–Crippen LogP) is 1.68. The molecule has 0 fully saturated rings. The third kappa shape index (κ3) is 2.21. The van der Waals surface area contributed by atoms with Gasteiger partial charge in [0.15, 0.2) is 0 Å². The van der Waals surface area contributed by atoms with Crippen LogP contribution < -0.4 is 0 Å². The van der Waals surface area contributed by atoms with E-state index in [1.165, 1.54) is 0 Å². The minimum absolute atomic E-state index is 0.339. The van der Waals surface area contributed by atoms with Crippen LogP contribution in [0.4, 0.5) is 0 Å². The summed E-state index contributed by atoms with van der Waals surface area (Å²) < 4.78 is 0. The summed E-state index contributed by atoms with van der Waals surface area (Å²) in [4.78, 5) is 0. The summed E-state index contributed by atoms with van der Waals surface area (Å²) in [6.45, 7) is 8.04. The Bertz CT molecular complexity index is 117. The minimum Gasteiger partial charge on any atom is -0.427 e. The third-order valence-corrected chi connectivity index (χ3v) is 3.09. The van der Waals surface area contributed by atoms with E-state index in [0.29, 0.717) is 5.92 Å². The maximum atomic E-state index is 9.13. The van der Waals surface area contributed by atoms with Crippen LogP contribution in [0, 0.1) is 5.92 Å². The molecule has 3 heteroatoms. The average Bonchev–Trinajstić information content (AvgIpc) is 2.01. The first-order valence-corrected chi connectivity index (χ1v) is 4.35. The maximum absolute atomic E-state index is 9.13. The molecule has 0 radical (unpaired) electrons. The Hall–Kier alpha value is -0.0151. The molecule has 66 valence electrons. The molecule has 0 aliphatic rings. The molecule has 2 atom stereocenters. The van der Waals surface area contributed by atoms with Gasteiger partial charge in [-0.15, -0.1) is 0 Å².